The predicted octanol–water partition coefficient (Wildman–Crippen LogP) is 0.422. The van der Waals surface area contributed by atoms with E-state index in [0.717, 1.165) is 12.1 Å². The standard InChI is InChI=1S/C9H10FN3O3/c10-6-1-2-7(8(5-6)13(15)16)9(14)12-4-3-11/h1-2,5H,3-4,11H2,(H,12,14). The Morgan fingerprint density at radius 3 is 2.81 bits per heavy atom. The molecule has 0 spiro atoms. The molecular weight excluding hydrogens is 217 g/mol. The summed E-state index contributed by atoms with van der Waals surface area (Å²) < 4.78 is 12.8. The number of nitrogens with one attached hydrogen (secondary N) is 1. The Morgan fingerprint density at radius 1 is 1.56 bits per heavy atom. The SMILES string of the molecule is NCCNC(=O)c1ccc(F)cc1[N+](=O)[O-]. The minimum atomic E-state index is -0.805. The molecule has 86 valence electrons. The van der Waals surface area contributed by atoms with E-state index in [4.69, 9.17) is 5.73 Å². The number of hydrogen-bond acceptors (Lipinski definition) is 4. The first-order chi connectivity index (χ1) is 7.56. The van der Waals surface area contributed by atoms with Crippen molar-refractivity contribution in [2.45, 2.75) is 0 Å². The molecule has 0 unspecified atom stereocenters. The molecule has 0 radical (unpaired) electrons. The third-order valence-corrected chi connectivity index (χ3v) is 1.83. The largest absolute Gasteiger partial charge is 0.351 e. The number of nitro groups is 1. The van der Waals surface area contributed by atoms with Crippen LogP contribution in [0.4, 0.5) is 10.1 Å². The number of amides is 1. The first kappa shape index (κ1) is 12.1. The minimum absolute atomic E-state index is 0.181. The average Bonchev–Trinajstić information content (AvgIpc) is 2.25. The number of nitrogens with zero attached hydrogens (tertiary/aromatic N) is 1. The van der Waals surface area contributed by atoms with Crippen LogP contribution in [0.1, 0.15) is 10.4 Å². The number of halogens is 1. The molecule has 1 rings (SSSR count). The third kappa shape index (κ3) is 2.74. The third-order valence-electron chi connectivity index (χ3n) is 1.83. The molecule has 0 saturated carbocycles. The van der Waals surface area contributed by atoms with Crippen LogP contribution in [0.3, 0.4) is 0 Å². The monoisotopic (exact) mass is 227 g/mol. The maximum Gasteiger partial charge on any atom is 0.285 e. The van der Waals surface area contributed by atoms with Gasteiger partial charge in [0.25, 0.3) is 11.6 Å². The lowest BCUT2D eigenvalue weighted by atomic mass is 10.1. The number of carbonyl (C=O) groups excluding carboxylic acids is 1. The van der Waals surface area contributed by atoms with Crippen molar-refractivity contribution in [1.82, 2.24) is 5.32 Å². The molecule has 1 amide bonds. The van der Waals surface area contributed by atoms with Crippen molar-refractivity contribution in [1.29, 1.82) is 0 Å². The molecule has 0 fully saturated rings. The van der Waals surface area contributed by atoms with Crippen molar-refractivity contribution < 1.29 is 14.1 Å². The van der Waals surface area contributed by atoms with E-state index in [1.54, 1.807) is 0 Å². The van der Waals surface area contributed by atoms with Gasteiger partial charge in [-0.05, 0) is 12.1 Å². The lowest BCUT2D eigenvalue weighted by Crippen LogP contribution is -2.29. The van der Waals surface area contributed by atoms with Gasteiger partial charge >= 0.3 is 0 Å². The zero-order valence-corrected chi connectivity index (χ0v) is 8.27. The van der Waals surface area contributed by atoms with E-state index in [1.807, 2.05) is 0 Å². The van der Waals surface area contributed by atoms with Crippen molar-refractivity contribution >= 4 is 11.6 Å². The molecule has 0 bridgehead atoms. The Morgan fingerprint density at radius 2 is 2.25 bits per heavy atom. The van der Waals surface area contributed by atoms with Gasteiger partial charge in [-0.1, -0.05) is 0 Å². The van der Waals surface area contributed by atoms with Crippen LogP contribution in [0, 0.1) is 15.9 Å². The summed E-state index contributed by atoms with van der Waals surface area (Å²) in [5.74, 6) is -1.40. The summed E-state index contributed by atoms with van der Waals surface area (Å²) in [5, 5.41) is 13.0. The Labute approximate surface area is 90.4 Å². The molecular formula is C9H10FN3O3. The molecule has 1 aromatic carbocycles. The molecule has 7 heteroatoms. The molecule has 6 nitrogen and oxygen atoms in total. The van der Waals surface area contributed by atoms with Crippen LogP contribution < -0.4 is 11.1 Å². The van der Waals surface area contributed by atoms with Gasteiger partial charge in [-0.3, -0.25) is 14.9 Å². The van der Waals surface area contributed by atoms with E-state index in [9.17, 15) is 19.3 Å². The maximum atomic E-state index is 12.8. The van der Waals surface area contributed by atoms with Crippen LogP contribution >= 0.6 is 0 Å². The molecule has 16 heavy (non-hydrogen) atoms. The van der Waals surface area contributed by atoms with E-state index in [1.165, 1.54) is 0 Å². The molecule has 3 N–H and O–H groups in total. The van der Waals surface area contributed by atoms with Gasteiger partial charge in [0.15, 0.2) is 0 Å². The van der Waals surface area contributed by atoms with Crippen LogP contribution in [-0.2, 0) is 0 Å². The fraction of sp³-hybridized carbons (Fsp3) is 0.222. The zero-order valence-electron chi connectivity index (χ0n) is 8.27. The molecule has 0 aliphatic heterocycles. The number of benzene rings is 1. The van der Waals surface area contributed by atoms with Crippen molar-refractivity contribution in [3.8, 4) is 0 Å². The number of carbonyl (C=O) groups is 1. The van der Waals surface area contributed by atoms with Crippen molar-refractivity contribution in [3.05, 3.63) is 39.7 Å². The van der Waals surface area contributed by atoms with Crippen LogP contribution in [0.5, 0.6) is 0 Å². The predicted molar refractivity (Wildman–Crippen MR) is 54.4 cm³/mol. The fourth-order valence-corrected chi connectivity index (χ4v) is 1.13. The smallest absolute Gasteiger partial charge is 0.285 e. The van der Waals surface area contributed by atoms with Gasteiger partial charge in [-0.25, -0.2) is 4.39 Å². The summed E-state index contributed by atoms with van der Waals surface area (Å²) in [6, 6.07) is 2.76. The lowest BCUT2D eigenvalue weighted by Gasteiger charge is -2.04. The van der Waals surface area contributed by atoms with Gasteiger partial charge in [0, 0.05) is 13.1 Å². The van der Waals surface area contributed by atoms with Crippen molar-refractivity contribution in [3.63, 3.8) is 0 Å². The van der Waals surface area contributed by atoms with Gasteiger partial charge < -0.3 is 11.1 Å². The van der Waals surface area contributed by atoms with E-state index >= 15 is 0 Å². The van der Waals surface area contributed by atoms with Crippen molar-refractivity contribution in [2.75, 3.05) is 13.1 Å². The zero-order chi connectivity index (χ0) is 12.1. The minimum Gasteiger partial charge on any atom is -0.351 e. The Hall–Kier alpha value is -2.02. The first-order valence-corrected chi connectivity index (χ1v) is 4.48. The first-order valence-electron chi connectivity index (χ1n) is 4.48. The van der Waals surface area contributed by atoms with Gasteiger partial charge in [-0.2, -0.15) is 0 Å². The molecule has 1 aromatic rings. The van der Waals surface area contributed by atoms with Crippen LogP contribution in [0.25, 0.3) is 0 Å². The highest BCUT2D eigenvalue weighted by atomic mass is 19.1. The highest BCUT2D eigenvalue weighted by Crippen LogP contribution is 2.19. The van der Waals surface area contributed by atoms with Gasteiger partial charge in [-0.15, -0.1) is 0 Å². The van der Waals surface area contributed by atoms with E-state index in [-0.39, 0.29) is 18.7 Å². The normalized spacial score (nSPS) is 9.88. The Bertz CT molecular complexity index is 422. The van der Waals surface area contributed by atoms with Crippen LogP contribution in [0.15, 0.2) is 18.2 Å². The summed E-state index contributed by atoms with van der Waals surface area (Å²) in [6.07, 6.45) is 0. The van der Waals surface area contributed by atoms with Gasteiger partial charge in [0.1, 0.15) is 11.4 Å². The second-order valence-electron chi connectivity index (χ2n) is 2.96. The number of nitrogens with two attached hydrogens (primary N) is 1. The lowest BCUT2D eigenvalue weighted by molar-refractivity contribution is -0.385. The van der Waals surface area contributed by atoms with E-state index < -0.39 is 22.3 Å². The number of hydrogen-bond donors (Lipinski definition) is 2. The summed E-state index contributed by atoms with van der Waals surface area (Å²) in [7, 11) is 0. The average molecular weight is 227 g/mol. The summed E-state index contributed by atoms with van der Waals surface area (Å²) in [6.45, 7) is 0.425. The van der Waals surface area contributed by atoms with E-state index in [0.29, 0.717) is 6.07 Å². The maximum absolute atomic E-state index is 12.8. The highest BCUT2D eigenvalue weighted by Gasteiger charge is 2.20. The number of rotatable bonds is 4. The highest BCUT2D eigenvalue weighted by molar-refractivity contribution is 5.98. The number of nitro benzene ring substituents is 1. The Kier molecular flexibility index (Phi) is 3.90. The summed E-state index contributed by atoms with van der Waals surface area (Å²) in [5.41, 5.74) is 4.43. The molecule has 0 aromatic heterocycles. The summed E-state index contributed by atoms with van der Waals surface area (Å²) >= 11 is 0. The fourth-order valence-electron chi connectivity index (χ4n) is 1.13. The quantitative estimate of drug-likeness (QED) is 0.575. The Balaban J connectivity index is 3.03. The molecule has 0 aliphatic rings. The van der Waals surface area contributed by atoms with E-state index in [2.05, 4.69) is 5.32 Å². The second kappa shape index (κ2) is 5.17. The van der Waals surface area contributed by atoms with Gasteiger partial charge in [0.2, 0.25) is 0 Å². The van der Waals surface area contributed by atoms with Crippen molar-refractivity contribution in [2.24, 2.45) is 5.73 Å². The van der Waals surface area contributed by atoms with Gasteiger partial charge in [0.05, 0.1) is 11.0 Å². The topological polar surface area (TPSA) is 98.3 Å². The molecule has 0 heterocycles. The molecule has 0 aliphatic carbocycles. The summed E-state index contributed by atoms with van der Waals surface area (Å²) in [4.78, 5) is 21.2. The molecule has 0 atom stereocenters. The molecule has 0 saturated heterocycles. The van der Waals surface area contributed by atoms with Crippen LogP contribution in [0.2, 0.25) is 0 Å². The second-order valence-corrected chi connectivity index (χ2v) is 2.96. The van der Waals surface area contributed by atoms with Crippen LogP contribution in [-0.4, -0.2) is 23.9 Å².